The molecule has 0 aromatic rings. The Hall–Kier alpha value is -0.500. The van der Waals surface area contributed by atoms with Crippen molar-refractivity contribution in [2.45, 2.75) is 33.6 Å². The average molecular weight is 193 g/mol. The van der Waals surface area contributed by atoms with E-state index in [9.17, 15) is 4.79 Å². The highest BCUT2D eigenvalue weighted by atomic mass is 35.5. The van der Waals surface area contributed by atoms with Crippen LogP contribution in [0.4, 0.5) is 0 Å². The first kappa shape index (κ1) is 14.0. The second kappa shape index (κ2) is 10.5. The van der Waals surface area contributed by atoms with Crippen LogP contribution in [-0.2, 0) is 9.53 Å². The summed E-state index contributed by atoms with van der Waals surface area (Å²) in [6.45, 7) is 9.39. The lowest BCUT2D eigenvalue weighted by molar-refractivity contribution is -0.143. The predicted molar refractivity (Wildman–Crippen MR) is 52.2 cm³/mol. The van der Waals surface area contributed by atoms with Crippen molar-refractivity contribution in [1.82, 2.24) is 0 Å². The van der Waals surface area contributed by atoms with E-state index in [0.717, 1.165) is 6.42 Å². The molecule has 3 heteroatoms. The topological polar surface area (TPSA) is 26.3 Å². The van der Waals surface area contributed by atoms with Gasteiger partial charge in [-0.3, -0.25) is 4.79 Å². The molecule has 0 spiro atoms. The summed E-state index contributed by atoms with van der Waals surface area (Å²) < 4.78 is 4.70. The highest BCUT2D eigenvalue weighted by Gasteiger charge is 1.93. The van der Waals surface area contributed by atoms with Crippen molar-refractivity contribution in [3.8, 4) is 0 Å². The standard InChI is InChI=1S/C6H12O2.C3H5Cl/c1-3-5-8-6(7)4-2;1-3(2)4/h3-5H2,1-2H3;1H2,2H3. The van der Waals surface area contributed by atoms with Gasteiger partial charge in [0.25, 0.3) is 0 Å². The number of carbonyl (C=O) groups is 1. The summed E-state index contributed by atoms with van der Waals surface area (Å²) in [6, 6.07) is 0. The van der Waals surface area contributed by atoms with Crippen LogP contribution in [0.2, 0.25) is 0 Å². The molecule has 0 bridgehead atoms. The largest absolute Gasteiger partial charge is 0.466 e. The highest BCUT2D eigenvalue weighted by Crippen LogP contribution is 1.87. The molecular weight excluding hydrogens is 176 g/mol. The fourth-order valence-corrected chi connectivity index (χ4v) is 0.318. The molecule has 0 rings (SSSR count). The van der Waals surface area contributed by atoms with Crippen LogP contribution in [-0.4, -0.2) is 12.6 Å². The summed E-state index contributed by atoms with van der Waals surface area (Å²) in [6.07, 6.45) is 1.39. The number of hydrogen-bond donors (Lipinski definition) is 0. The van der Waals surface area contributed by atoms with Gasteiger partial charge >= 0.3 is 5.97 Å². The molecule has 72 valence electrons. The fourth-order valence-electron chi connectivity index (χ4n) is 0.318. The van der Waals surface area contributed by atoms with E-state index in [1.807, 2.05) is 6.92 Å². The highest BCUT2D eigenvalue weighted by molar-refractivity contribution is 6.28. The van der Waals surface area contributed by atoms with Crippen molar-refractivity contribution >= 4 is 17.6 Å². The maximum atomic E-state index is 10.3. The van der Waals surface area contributed by atoms with E-state index in [0.29, 0.717) is 18.1 Å². The maximum absolute atomic E-state index is 10.3. The zero-order valence-electron chi connectivity index (χ0n) is 8.02. The van der Waals surface area contributed by atoms with Gasteiger partial charge in [0.05, 0.1) is 6.61 Å². The van der Waals surface area contributed by atoms with E-state index in [4.69, 9.17) is 16.3 Å². The van der Waals surface area contributed by atoms with Crippen molar-refractivity contribution < 1.29 is 9.53 Å². The maximum Gasteiger partial charge on any atom is 0.305 e. The number of rotatable bonds is 3. The molecule has 0 aromatic heterocycles. The molecule has 0 unspecified atom stereocenters. The summed E-state index contributed by atoms with van der Waals surface area (Å²) in [7, 11) is 0. The third-order valence-electron chi connectivity index (χ3n) is 0.756. The van der Waals surface area contributed by atoms with Crippen LogP contribution >= 0.6 is 11.6 Å². The molecule has 2 nitrogen and oxygen atoms in total. The number of allylic oxidation sites excluding steroid dienone is 1. The second-order valence-corrected chi connectivity index (χ2v) is 2.90. The first-order valence-corrected chi connectivity index (χ1v) is 4.39. The van der Waals surface area contributed by atoms with Gasteiger partial charge in [-0.25, -0.2) is 0 Å². The molecule has 0 fully saturated rings. The molecule has 12 heavy (non-hydrogen) atoms. The van der Waals surface area contributed by atoms with Crippen molar-refractivity contribution in [3.05, 3.63) is 11.6 Å². The van der Waals surface area contributed by atoms with Crippen molar-refractivity contribution in [3.63, 3.8) is 0 Å². The fraction of sp³-hybridized carbons (Fsp3) is 0.667. The normalized spacial score (nSPS) is 8.00. The second-order valence-electron chi connectivity index (χ2n) is 2.25. The Morgan fingerprint density at radius 2 is 1.92 bits per heavy atom. The molecule has 0 aliphatic rings. The minimum absolute atomic E-state index is 0.105. The smallest absolute Gasteiger partial charge is 0.305 e. The monoisotopic (exact) mass is 192 g/mol. The molecule has 0 saturated heterocycles. The van der Waals surface area contributed by atoms with Crippen LogP contribution in [0, 0.1) is 0 Å². The molecule has 0 aliphatic carbocycles. The Morgan fingerprint density at radius 3 is 2.17 bits per heavy atom. The van der Waals surface area contributed by atoms with Crippen LogP contribution in [0.1, 0.15) is 33.6 Å². The number of halogens is 1. The summed E-state index contributed by atoms with van der Waals surface area (Å²) in [5.74, 6) is -0.105. The molecule has 0 heterocycles. The first-order valence-electron chi connectivity index (χ1n) is 4.01. The third-order valence-corrected chi connectivity index (χ3v) is 0.756. The van der Waals surface area contributed by atoms with Gasteiger partial charge in [0.2, 0.25) is 0 Å². The lowest BCUT2D eigenvalue weighted by Gasteiger charge is -1.97. The first-order chi connectivity index (χ1) is 5.54. The Bertz CT molecular complexity index is 128. The summed E-state index contributed by atoms with van der Waals surface area (Å²) >= 11 is 5.08. The lowest BCUT2D eigenvalue weighted by atomic mass is 10.5. The molecule has 0 amide bonds. The SMILES string of the molecule is C=C(C)Cl.CCCOC(=O)CC. The van der Waals surface area contributed by atoms with Gasteiger partial charge in [0, 0.05) is 11.5 Å². The van der Waals surface area contributed by atoms with E-state index < -0.39 is 0 Å². The predicted octanol–water partition coefficient (Wildman–Crippen LogP) is 3.11. The zero-order valence-corrected chi connectivity index (χ0v) is 8.78. The Labute approximate surface area is 79.6 Å². The van der Waals surface area contributed by atoms with Crippen molar-refractivity contribution in [1.29, 1.82) is 0 Å². The van der Waals surface area contributed by atoms with Gasteiger partial charge in [0.1, 0.15) is 0 Å². The summed E-state index contributed by atoms with van der Waals surface area (Å²) in [5.41, 5.74) is 0. The molecule has 0 aromatic carbocycles. The van der Waals surface area contributed by atoms with E-state index in [2.05, 4.69) is 6.58 Å². The minimum Gasteiger partial charge on any atom is -0.466 e. The van der Waals surface area contributed by atoms with Crippen LogP contribution in [0.5, 0.6) is 0 Å². The minimum atomic E-state index is -0.105. The lowest BCUT2D eigenvalue weighted by Crippen LogP contribution is -2.02. The van der Waals surface area contributed by atoms with Crippen molar-refractivity contribution in [2.24, 2.45) is 0 Å². The van der Waals surface area contributed by atoms with Gasteiger partial charge < -0.3 is 4.74 Å². The van der Waals surface area contributed by atoms with E-state index >= 15 is 0 Å². The zero-order chi connectivity index (χ0) is 9.98. The van der Waals surface area contributed by atoms with Crippen molar-refractivity contribution in [2.75, 3.05) is 6.61 Å². The van der Waals surface area contributed by atoms with Gasteiger partial charge in [-0.2, -0.15) is 0 Å². The molecule has 0 radical (unpaired) electrons. The Morgan fingerprint density at radius 1 is 1.50 bits per heavy atom. The molecule has 0 atom stereocenters. The van der Waals surface area contributed by atoms with Gasteiger partial charge in [0.15, 0.2) is 0 Å². The Kier molecular flexibility index (Phi) is 12.3. The number of hydrogen-bond acceptors (Lipinski definition) is 2. The van der Waals surface area contributed by atoms with Crippen LogP contribution < -0.4 is 0 Å². The van der Waals surface area contributed by atoms with E-state index in [-0.39, 0.29) is 5.97 Å². The van der Waals surface area contributed by atoms with E-state index in [1.54, 1.807) is 13.8 Å². The Balaban J connectivity index is 0. The van der Waals surface area contributed by atoms with Gasteiger partial charge in [-0.15, -0.1) is 0 Å². The van der Waals surface area contributed by atoms with Crippen LogP contribution in [0.15, 0.2) is 11.6 Å². The van der Waals surface area contributed by atoms with Gasteiger partial charge in [-0.05, 0) is 13.3 Å². The summed E-state index contributed by atoms with van der Waals surface area (Å²) in [4.78, 5) is 10.3. The molecule has 0 saturated carbocycles. The van der Waals surface area contributed by atoms with E-state index in [1.165, 1.54) is 0 Å². The number of carbonyl (C=O) groups excluding carboxylic acids is 1. The molecule has 0 N–H and O–H groups in total. The average Bonchev–Trinajstić information content (AvgIpc) is 1.99. The van der Waals surface area contributed by atoms with Gasteiger partial charge in [-0.1, -0.05) is 32.0 Å². The molecular formula is C9H17ClO2. The third kappa shape index (κ3) is 22.7. The molecule has 0 aliphatic heterocycles. The number of esters is 1. The van der Waals surface area contributed by atoms with Crippen LogP contribution in [0.25, 0.3) is 0 Å². The quantitative estimate of drug-likeness (QED) is 0.643. The summed E-state index contributed by atoms with van der Waals surface area (Å²) in [5, 5.41) is 0.639. The number of ether oxygens (including phenoxy) is 1. The van der Waals surface area contributed by atoms with Crippen LogP contribution in [0.3, 0.4) is 0 Å².